The van der Waals surface area contributed by atoms with E-state index in [0.29, 0.717) is 0 Å². The van der Waals surface area contributed by atoms with Crippen molar-refractivity contribution in [2.24, 2.45) is 0 Å². The molecule has 3 nitrogen and oxygen atoms in total. The molecule has 0 aliphatic carbocycles. The molecule has 3 heteroatoms. The summed E-state index contributed by atoms with van der Waals surface area (Å²) < 4.78 is 2.36. The van der Waals surface area contributed by atoms with E-state index in [9.17, 15) is 0 Å². The van der Waals surface area contributed by atoms with E-state index in [1.165, 1.54) is 27.4 Å². The molecule has 2 heterocycles. The zero-order valence-electron chi connectivity index (χ0n) is 24.1. The van der Waals surface area contributed by atoms with Crippen molar-refractivity contribution in [3.05, 3.63) is 176 Å². The van der Waals surface area contributed by atoms with E-state index < -0.39 is 0 Å². The van der Waals surface area contributed by atoms with Crippen LogP contribution in [0, 0.1) is 0 Å². The molecule has 208 valence electrons. The van der Waals surface area contributed by atoms with Crippen LogP contribution in [0.1, 0.15) is 0 Å². The van der Waals surface area contributed by atoms with Crippen molar-refractivity contribution in [2.75, 3.05) is 4.90 Å². The summed E-state index contributed by atoms with van der Waals surface area (Å²) in [6.07, 6.45) is 1.96. The highest BCUT2D eigenvalue weighted by molar-refractivity contribution is 6.10. The summed E-state index contributed by atoms with van der Waals surface area (Å²) in [5.41, 5.74) is 11.2. The van der Waals surface area contributed by atoms with E-state index in [4.69, 9.17) is 4.98 Å². The lowest BCUT2D eigenvalue weighted by molar-refractivity contribution is 1.18. The van der Waals surface area contributed by atoms with Crippen molar-refractivity contribution in [1.82, 2.24) is 9.55 Å². The van der Waals surface area contributed by atoms with E-state index in [1.807, 2.05) is 12.3 Å². The molecule has 0 radical (unpaired) electrons. The van der Waals surface area contributed by atoms with Crippen LogP contribution in [-0.2, 0) is 0 Å². The minimum Gasteiger partial charge on any atom is -0.310 e. The van der Waals surface area contributed by atoms with Crippen LogP contribution in [0.5, 0.6) is 0 Å². The smallest absolute Gasteiger partial charge is 0.0702 e. The summed E-state index contributed by atoms with van der Waals surface area (Å²) in [4.78, 5) is 7.10. The lowest BCUT2D eigenvalue weighted by Gasteiger charge is -2.25. The molecule has 0 bridgehead atoms. The van der Waals surface area contributed by atoms with Gasteiger partial charge < -0.3 is 9.47 Å². The summed E-state index contributed by atoms with van der Waals surface area (Å²) >= 11 is 0. The van der Waals surface area contributed by atoms with Gasteiger partial charge in [-0.1, -0.05) is 103 Å². The fraction of sp³-hybridized carbons (Fsp3) is 0. The molecular formula is C41H29N3. The zero-order valence-corrected chi connectivity index (χ0v) is 24.1. The van der Waals surface area contributed by atoms with Gasteiger partial charge >= 0.3 is 0 Å². The minimum atomic E-state index is 0.963. The van der Waals surface area contributed by atoms with Gasteiger partial charge in [-0.3, -0.25) is 4.98 Å². The molecule has 0 saturated carbocycles. The molecule has 8 rings (SSSR count). The molecule has 0 saturated heterocycles. The van der Waals surface area contributed by atoms with Gasteiger partial charge in [0.15, 0.2) is 0 Å². The maximum absolute atomic E-state index is 4.78. The number of nitrogens with zero attached hydrogens (tertiary/aromatic N) is 3. The van der Waals surface area contributed by atoms with Crippen LogP contribution in [0.4, 0.5) is 17.1 Å². The molecule has 0 amide bonds. The lowest BCUT2D eigenvalue weighted by atomic mass is 10.1. The molecule has 0 spiro atoms. The van der Waals surface area contributed by atoms with Gasteiger partial charge in [-0.05, 0) is 72.3 Å². The molecule has 0 aliphatic heterocycles. The molecule has 0 fully saturated rings. The van der Waals surface area contributed by atoms with Crippen LogP contribution in [-0.4, -0.2) is 9.55 Å². The molecular weight excluding hydrogens is 534 g/mol. The lowest BCUT2D eigenvalue weighted by Crippen LogP contribution is -2.09. The second-order valence-corrected chi connectivity index (χ2v) is 10.9. The highest BCUT2D eigenvalue weighted by Gasteiger charge is 2.17. The predicted molar refractivity (Wildman–Crippen MR) is 184 cm³/mol. The van der Waals surface area contributed by atoms with Crippen LogP contribution < -0.4 is 4.90 Å². The quantitative estimate of drug-likeness (QED) is 0.201. The number of rotatable bonds is 6. The van der Waals surface area contributed by atoms with Crippen molar-refractivity contribution in [3.63, 3.8) is 0 Å². The second-order valence-electron chi connectivity index (χ2n) is 10.9. The number of fused-ring (bicyclic) bond motifs is 3. The molecule has 8 aromatic rings. The van der Waals surface area contributed by atoms with Crippen molar-refractivity contribution in [1.29, 1.82) is 0 Å². The van der Waals surface area contributed by atoms with Crippen LogP contribution in [0.3, 0.4) is 0 Å². The number of aromatic nitrogens is 2. The van der Waals surface area contributed by atoms with E-state index in [0.717, 1.165) is 39.6 Å². The Balaban J connectivity index is 1.20. The van der Waals surface area contributed by atoms with Gasteiger partial charge in [0.05, 0.1) is 16.7 Å². The van der Waals surface area contributed by atoms with Gasteiger partial charge in [0.2, 0.25) is 0 Å². The summed E-state index contributed by atoms with van der Waals surface area (Å²) in [6, 6.07) is 59.9. The van der Waals surface area contributed by atoms with E-state index in [1.54, 1.807) is 0 Å². The summed E-state index contributed by atoms with van der Waals surface area (Å²) in [7, 11) is 0. The highest BCUT2D eigenvalue weighted by Crippen LogP contribution is 2.39. The maximum Gasteiger partial charge on any atom is 0.0702 e. The molecule has 0 aliphatic rings. The Hall–Kier alpha value is -5.93. The summed E-state index contributed by atoms with van der Waals surface area (Å²) in [6.45, 7) is 0. The van der Waals surface area contributed by atoms with Crippen molar-refractivity contribution in [3.8, 4) is 28.1 Å². The van der Waals surface area contributed by atoms with Gasteiger partial charge in [-0.25, -0.2) is 0 Å². The molecule has 0 N–H and O–H groups in total. The molecule has 2 aromatic heterocycles. The minimum absolute atomic E-state index is 0.963. The van der Waals surface area contributed by atoms with Gasteiger partial charge in [0.25, 0.3) is 0 Å². The third kappa shape index (κ3) is 4.61. The van der Waals surface area contributed by atoms with Crippen LogP contribution in [0.15, 0.2) is 176 Å². The average molecular weight is 564 g/mol. The molecule has 0 atom stereocenters. The monoisotopic (exact) mass is 563 g/mol. The number of para-hydroxylation sites is 3. The Morgan fingerprint density at radius 3 is 1.66 bits per heavy atom. The van der Waals surface area contributed by atoms with Gasteiger partial charge in [0, 0.05) is 50.8 Å². The first kappa shape index (κ1) is 25.8. The Kier molecular flexibility index (Phi) is 6.47. The Morgan fingerprint density at radius 2 is 1.00 bits per heavy atom. The highest BCUT2D eigenvalue weighted by atomic mass is 15.1. The van der Waals surface area contributed by atoms with Crippen molar-refractivity contribution >= 4 is 38.9 Å². The van der Waals surface area contributed by atoms with Crippen LogP contribution in [0.2, 0.25) is 0 Å². The first-order valence-electron chi connectivity index (χ1n) is 14.9. The van der Waals surface area contributed by atoms with Crippen molar-refractivity contribution < 1.29 is 0 Å². The molecule has 44 heavy (non-hydrogen) atoms. The van der Waals surface area contributed by atoms with Crippen LogP contribution in [0.25, 0.3) is 49.9 Å². The second kappa shape index (κ2) is 11.0. The Labute approximate surface area is 256 Å². The van der Waals surface area contributed by atoms with E-state index in [-0.39, 0.29) is 0 Å². The largest absolute Gasteiger partial charge is 0.310 e. The first-order chi connectivity index (χ1) is 21.8. The first-order valence-corrected chi connectivity index (χ1v) is 14.9. The summed E-state index contributed by atoms with van der Waals surface area (Å²) in [5, 5.41) is 2.45. The average Bonchev–Trinajstić information content (AvgIpc) is 3.44. The zero-order chi connectivity index (χ0) is 29.3. The number of hydrogen-bond donors (Lipinski definition) is 0. The standard InChI is InChI=1S/C41H29N3/c1-4-12-30(13-5-1)32-22-26-39(42-29-32)31-20-23-35(24-21-31)44-40-19-11-10-18-37(40)38-28-36(25-27-41(38)44)43(33-14-6-2-7-15-33)34-16-8-3-9-17-34/h1-29H. The van der Waals surface area contributed by atoms with Gasteiger partial charge in [-0.2, -0.15) is 0 Å². The molecule has 6 aromatic carbocycles. The maximum atomic E-state index is 4.78. The fourth-order valence-electron chi connectivity index (χ4n) is 6.13. The van der Waals surface area contributed by atoms with Gasteiger partial charge in [0.1, 0.15) is 0 Å². The van der Waals surface area contributed by atoms with Gasteiger partial charge in [-0.15, -0.1) is 0 Å². The fourth-order valence-corrected chi connectivity index (χ4v) is 6.13. The number of hydrogen-bond acceptors (Lipinski definition) is 2. The van der Waals surface area contributed by atoms with E-state index in [2.05, 4.69) is 173 Å². The Morgan fingerprint density at radius 1 is 0.409 bits per heavy atom. The van der Waals surface area contributed by atoms with Crippen molar-refractivity contribution in [2.45, 2.75) is 0 Å². The summed E-state index contributed by atoms with van der Waals surface area (Å²) in [5.74, 6) is 0. The van der Waals surface area contributed by atoms with E-state index >= 15 is 0 Å². The normalized spacial score (nSPS) is 11.2. The predicted octanol–water partition coefficient (Wildman–Crippen LogP) is 11.0. The third-order valence-electron chi connectivity index (χ3n) is 8.24. The van der Waals surface area contributed by atoms with Crippen LogP contribution >= 0.6 is 0 Å². The Bertz CT molecular complexity index is 2140. The topological polar surface area (TPSA) is 21.1 Å². The molecule has 0 unspecified atom stereocenters. The third-order valence-corrected chi connectivity index (χ3v) is 8.24. The number of benzene rings is 6. The SMILES string of the molecule is c1ccc(-c2ccc(-c3ccc(-n4c5ccccc5c5cc(N(c6ccccc6)c6ccccc6)ccc54)cc3)nc2)cc1. The number of pyridine rings is 1. The number of anilines is 3.